The van der Waals surface area contributed by atoms with Gasteiger partial charge in [-0.2, -0.15) is 0 Å². The average molecular weight is 479 g/mol. The monoisotopic (exact) mass is 478 g/mol. The van der Waals surface area contributed by atoms with Gasteiger partial charge in [0, 0.05) is 28.6 Å². The van der Waals surface area contributed by atoms with E-state index >= 15 is 0 Å². The summed E-state index contributed by atoms with van der Waals surface area (Å²) in [5.74, 6) is 0.0583. The highest BCUT2D eigenvalue weighted by atomic mass is 32.1. The van der Waals surface area contributed by atoms with Gasteiger partial charge in [-0.25, -0.2) is 4.98 Å². The number of nitrogens with two attached hydrogens (primary N) is 1. The molecule has 7 nitrogen and oxygen atoms in total. The van der Waals surface area contributed by atoms with Crippen molar-refractivity contribution in [2.45, 2.75) is 32.2 Å². The molecule has 0 bridgehead atoms. The number of primary amides is 1. The van der Waals surface area contributed by atoms with Crippen LogP contribution in [0, 0.1) is 0 Å². The highest BCUT2D eigenvalue weighted by Crippen LogP contribution is 2.33. The molecule has 2 amide bonds. The quantitative estimate of drug-likeness (QED) is 0.484. The minimum atomic E-state index is -0.517. The molecule has 8 heteroatoms. The molecule has 1 aromatic heterocycles. The Morgan fingerprint density at radius 3 is 2.50 bits per heavy atom. The Morgan fingerprint density at radius 2 is 1.85 bits per heavy atom. The van der Waals surface area contributed by atoms with Crippen molar-refractivity contribution in [3.8, 4) is 17.0 Å². The summed E-state index contributed by atoms with van der Waals surface area (Å²) in [4.78, 5) is 31.7. The minimum Gasteiger partial charge on any atom is -0.496 e. The van der Waals surface area contributed by atoms with Crippen molar-refractivity contribution in [2.24, 2.45) is 5.73 Å². The van der Waals surface area contributed by atoms with Gasteiger partial charge in [-0.1, -0.05) is 13.0 Å². The van der Waals surface area contributed by atoms with Crippen molar-refractivity contribution in [1.82, 2.24) is 15.2 Å². The van der Waals surface area contributed by atoms with E-state index in [2.05, 4.69) is 29.3 Å². The molecule has 1 unspecified atom stereocenters. The van der Waals surface area contributed by atoms with Crippen LogP contribution in [0.25, 0.3) is 11.3 Å². The van der Waals surface area contributed by atoms with Gasteiger partial charge in [0.05, 0.1) is 18.8 Å². The second kappa shape index (κ2) is 10.8. The first kappa shape index (κ1) is 23.9. The van der Waals surface area contributed by atoms with Crippen molar-refractivity contribution in [3.63, 3.8) is 0 Å². The van der Waals surface area contributed by atoms with Gasteiger partial charge in [-0.3, -0.25) is 9.59 Å². The van der Waals surface area contributed by atoms with Crippen molar-refractivity contribution < 1.29 is 14.3 Å². The highest BCUT2D eigenvalue weighted by molar-refractivity contribution is 7.10. The summed E-state index contributed by atoms with van der Waals surface area (Å²) in [5.41, 5.74) is 9.18. The third-order valence-corrected chi connectivity index (χ3v) is 7.10. The number of carbonyl (C=O) groups excluding carboxylic acids is 2. The van der Waals surface area contributed by atoms with Crippen molar-refractivity contribution >= 4 is 23.2 Å². The van der Waals surface area contributed by atoms with Crippen LogP contribution in [-0.4, -0.2) is 48.4 Å². The molecule has 1 atom stereocenters. The number of hydrogen-bond acceptors (Lipinski definition) is 6. The Bertz CT molecular complexity index is 1150. The fourth-order valence-corrected chi connectivity index (χ4v) is 5.04. The molecule has 1 saturated heterocycles. The highest BCUT2D eigenvalue weighted by Gasteiger charge is 2.24. The van der Waals surface area contributed by atoms with Crippen LogP contribution in [0.15, 0.2) is 47.8 Å². The lowest BCUT2D eigenvalue weighted by Crippen LogP contribution is -2.37. The third kappa shape index (κ3) is 5.46. The lowest BCUT2D eigenvalue weighted by molar-refractivity contribution is 0.0925. The fourth-order valence-electron chi connectivity index (χ4n) is 4.18. The maximum atomic E-state index is 13.1. The molecule has 3 N–H and O–H groups in total. The number of carbonyl (C=O) groups is 2. The van der Waals surface area contributed by atoms with E-state index in [1.807, 2.05) is 11.4 Å². The van der Waals surface area contributed by atoms with Crippen molar-refractivity contribution in [1.29, 1.82) is 0 Å². The number of rotatable bonds is 9. The first-order chi connectivity index (χ1) is 16.5. The molecule has 4 rings (SSSR count). The van der Waals surface area contributed by atoms with Gasteiger partial charge in [0.25, 0.3) is 5.91 Å². The fraction of sp³-hybridized carbons (Fsp3) is 0.346. The zero-order valence-electron chi connectivity index (χ0n) is 19.5. The van der Waals surface area contributed by atoms with Gasteiger partial charge in [0.1, 0.15) is 10.8 Å². The van der Waals surface area contributed by atoms with Crippen molar-refractivity contribution in [3.05, 3.63) is 69.5 Å². The third-order valence-electron chi connectivity index (χ3n) is 6.14. The van der Waals surface area contributed by atoms with E-state index in [9.17, 15) is 9.59 Å². The summed E-state index contributed by atoms with van der Waals surface area (Å²) in [6, 6.07) is 12.3. The van der Waals surface area contributed by atoms with Gasteiger partial charge in [0.15, 0.2) is 0 Å². The first-order valence-corrected chi connectivity index (χ1v) is 12.4. The van der Waals surface area contributed by atoms with Crippen LogP contribution >= 0.6 is 11.3 Å². The minimum absolute atomic E-state index is 0.206. The number of likely N-dealkylation sites (tertiary alicyclic amines) is 1. The number of nitrogens with one attached hydrogen (secondary N) is 1. The van der Waals surface area contributed by atoms with E-state index in [-0.39, 0.29) is 11.9 Å². The number of amides is 2. The lowest BCUT2D eigenvalue weighted by atomic mass is 10.1. The smallest absolute Gasteiger partial charge is 0.251 e. The van der Waals surface area contributed by atoms with Gasteiger partial charge in [-0.05, 0) is 74.3 Å². The van der Waals surface area contributed by atoms with E-state index in [1.165, 1.54) is 18.4 Å². The molecule has 3 aromatic rings. The van der Waals surface area contributed by atoms with Crippen LogP contribution in [0.1, 0.15) is 57.1 Å². The van der Waals surface area contributed by atoms with Gasteiger partial charge in [-0.15, -0.1) is 11.3 Å². The Labute approximate surface area is 204 Å². The molecule has 0 radical (unpaired) electrons. The molecular formula is C26H30N4O3S. The molecule has 2 aromatic carbocycles. The summed E-state index contributed by atoms with van der Waals surface area (Å²) in [6.07, 6.45) is 3.26. The summed E-state index contributed by atoms with van der Waals surface area (Å²) in [7, 11) is 1.66. The zero-order chi connectivity index (χ0) is 24.1. The molecule has 34 heavy (non-hydrogen) atoms. The van der Waals surface area contributed by atoms with E-state index in [0.717, 1.165) is 41.5 Å². The number of ether oxygens (including phenoxy) is 1. The van der Waals surface area contributed by atoms with Crippen LogP contribution in [0.3, 0.4) is 0 Å². The maximum Gasteiger partial charge on any atom is 0.251 e. The number of aromatic nitrogens is 1. The Hall–Kier alpha value is -3.23. The van der Waals surface area contributed by atoms with Crippen LogP contribution in [-0.2, 0) is 6.42 Å². The summed E-state index contributed by atoms with van der Waals surface area (Å²) < 4.78 is 5.58. The second-order valence-electron chi connectivity index (χ2n) is 8.43. The van der Waals surface area contributed by atoms with Gasteiger partial charge >= 0.3 is 0 Å². The predicted molar refractivity (Wildman–Crippen MR) is 134 cm³/mol. The second-order valence-corrected chi connectivity index (χ2v) is 9.32. The standard InChI is InChI=1S/C26H30N4O3S/c1-3-17-6-11-23(33-2)20(14-17)22-16-34-26(29-22)21(15-30-12-4-5-13-30)28-25(32)19-9-7-18(8-10-19)24(27)31/h6-11,14,16,21H,3-5,12-13,15H2,1-2H3,(H2,27,31)(H,28,32). The van der Waals surface area contributed by atoms with Crippen LogP contribution in [0.4, 0.5) is 0 Å². The van der Waals surface area contributed by atoms with Crippen LogP contribution in [0.2, 0.25) is 0 Å². The Morgan fingerprint density at radius 1 is 1.15 bits per heavy atom. The van der Waals surface area contributed by atoms with Crippen molar-refractivity contribution in [2.75, 3.05) is 26.7 Å². The molecule has 0 aliphatic carbocycles. The molecule has 1 aliphatic heterocycles. The number of aryl methyl sites for hydroxylation is 1. The molecule has 2 heterocycles. The summed E-state index contributed by atoms with van der Waals surface area (Å²) >= 11 is 1.54. The number of hydrogen-bond donors (Lipinski definition) is 2. The molecule has 1 fully saturated rings. The molecule has 178 valence electrons. The number of benzene rings is 2. The van der Waals surface area contributed by atoms with Crippen LogP contribution in [0.5, 0.6) is 5.75 Å². The Kier molecular flexibility index (Phi) is 7.59. The zero-order valence-corrected chi connectivity index (χ0v) is 20.4. The summed E-state index contributed by atoms with van der Waals surface area (Å²) in [6.45, 7) is 4.86. The molecule has 0 saturated carbocycles. The van der Waals surface area contributed by atoms with Crippen LogP contribution < -0.4 is 15.8 Å². The number of nitrogens with zero attached hydrogens (tertiary/aromatic N) is 2. The van der Waals surface area contributed by atoms with E-state index < -0.39 is 5.91 Å². The van der Waals surface area contributed by atoms with E-state index in [0.29, 0.717) is 17.7 Å². The van der Waals surface area contributed by atoms with Gasteiger partial charge < -0.3 is 20.7 Å². The lowest BCUT2D eigenvalue weighted by Gasteiger charge is -2.23. The maximum absolute atomic E-state index is 13.1. The predicted octanol–water partition coefficient (Wildman–Crippen LogP) is 4.05. The van der Waals surface area contributed by atoms with Gasteiger partial charge in [0.2, 0.25) is 5.91 Å². The first-order valence-electron chi connectivity index (χ1n) is 11.5. The van der Waals surface area contributed by atoms with E-state index in [4.69, 9.17) is 15.5 Å². The Balaban J connectivity index is 1.60. The van der Waals surface area contributed by atoms with E-state index in [1.54, 1.807) is 42.7 Å². The number of thiazole rings is 1. The SMILES string of the molecule is CCc1ccc(OC)c(-c2csc(C(CN3CCCC3)NC(=O)c3ccc(C(N)=O)cc3)n2)c1. The largest absolute Gasteiger partial charge is 0.496 e. The molecule has 0 spiro atoms. The summed E-state index contributed by atoms with van der Waals surface area (Å²) in [5, 5.41) is 6.04. The topological polar surface area (TPSA) is 97.5 Å². The molecular weight excluding hydrogens is 448 g/mol. The normalized spacial score (nSPS) is 14.6. The average Bonchev–Trinajstić information content (AvgIpc) is 3.55. The number of methoxy groups -OCH3 is 1. The molecule has 1 aliphatic rings.